The van der Waals surface area contributed by atoms with Gasteiger partial charge in [0, 0.05) is 0 Å². The molecule has 0 saturated heterocycles. The van der Waals surface area contributed by atoms with Gasteiger partial charge in [0.2, 0.25) is 15.9 Å². The van der Waals surface area contributed by atoms with E-state index in [1.807, 2.05) is 32.9 Å². The third-order valence-electron chi connectivity index (χ3n) is 4.59. The number of anilines is 1. The van der Waals surface area contributed by atoms with Gasteiger partial charge in [-0.25, -0.2) is 8.42 Å². The summed E-state index contributed by atoms with van der Waals surface area (Å²) in [7, 11) is -2.21. The van der Waals surface area contributed by atoms with Crippen LogP contribution < -0.4 is 14.4 Å². The van der Waals surface area contributed by atoms with E-state index in [0.29, 0.717) is 17.9 Å². The fraction of sp³-hybridized carbons (Fsp3) is 0.381. The summed E-state index contributed by atoms with van der Waals surface area (Å²) in [6.07, 6.45) is 1.78. The van der Waals surface area contributed by atoms with Crippen LogP contribution in [0.4, 0.5) is 5.69 Å². The molecule has 1 atom stereocenters. The van der Waals surface area contributed by atoms with Crippen molar-refractivity contribution in [1.82, 2.24) is 5.32 Å². The zero-order chi connectivity index (χ0) is 20.9. The molecular formula is C21H28N2O4S. The van der Waals surface area contributed by atoms with Crippen molar-refractivity contribution in [1.29, 1.82) is 0 Å². The molecule has 0 saturated carbocycles. The first kappa shape index (κ1) is 21.8. The predicted molar refractivity (Wildman–Crippen MR) is 112 cm³/mol. The molecule has 6 nitrogen and oxygen atoms in total. The number of carbonyl (C=O) groups is 1. The number of hydrogen-bond donors (Lipinski definition) is 1. The Kier molecular flexibility index (Phi) is 7.07. The Hall–Kier alpha value is -2.54. The summed E-state index contributed by atoms with van der Waals surface area (Å²) >= 11 is 0. The molecule has 0 unspecified atom stereocenters. The maximum Gasteiger partial charge on any atom is 0.241 e. The predicted octanol–water partition coefficient (Wildman–Crippen LogP) is 3.35. The third kappa shape index (κ3) is 5.25. The van der Waals surface area contributed by atoms with Gasteiger partial charge in [0.25, 0.3) is 0 Å². The van der Waals surface area contributed by atoms with E-state index in [4.69, 9.17) is 4.74 Å². The smallest absolute Gasteiger partial charge is 0.241 e. The summed E-state index contributed by atoms with van der Waals surface area (Å²) in [6, 6.07) is 12.6. The summed E-state index contributed by atoms with van der Waals surface area (Å²) in [5.74, 6) is 0.0188. The second kappa shape index (κ2) is 9.10. The van der Waals surface area contributed by atoms with Crippen molar-refractivity contribution in [2.24, 2.45) is 0 Å². The van der Waals surface area contributed by atoms with Gasteiger partial charge in [-0.3, -0.25) is 9.10 Å². The monoisotopic (exact) mass is 404 g/mol. The van der Waals surface area contributed by atoms with Gasteiger partial charge in [-0.05, 0) is 43.5 Å². The highest BCUT2D eigenvalue weighted by atomic mass is 32.2. The van der Waals surface area contributed by atoms with Crippen molar-refractivity contribution >= 4 is 21.6 Å². The third-order valence-corrected chi connectivity index (χ3v) is 5.71. The van der Waals surface area contributed by atoms with Crippen molar-refractivity contribution in [3.63, 3.8) is 0 Å². The lowest BCUT2D eigenvalue weighted by Crippen LogP contribution is -2.41. The maximum atomic E-state index is 12.7. The van der Waals surface area contributed by atoms with E-state index in [0.717, 1.165) is 27.3 Å². The minimum atomic E-state index is -3.67. The van der Waals surface area contributed by atoms with Gasteiger partial charge >= 0.3 is 0 Å². The van der Waals surface area contributed by atoms with Crippen molar-refractivity contribution in [3.8, 4) is 5.75 Å². The van der Waals surface area contributed by atoms with Crippen molar-refractivity contribution in [2.45, 2.75) is 33.2 Å². The number of ether oxygens (including phenoxy) is 1. The number of carbonyl (C=O) groups excluding carboxylic acids is 1. The fourth-order valence-corrected chi connectivity index (χ4v) is 4.06. The van der Waals surface area contributed by atoms with Gasteiger partial charge in [0.15, 0.2) is 0 Å². The van der Waals surface area contributed by atoms with Crippen molar-refractivity contribution in [2.75, 3.05) is 24.2 Å². The lowest BCUT2D eigenvalue weighted by molar-refractivity contribution is -0.120. The summed E-state index contributed by atoms with van der Waals surface area (Å²) in [4.78, 5) is 12.7. The minimum absolute atomic E-state index is 0.188. The molecule has 0 radical (unpaired) electrons. The van der Waals surface area contributed by atoms with Gasteiger partial charge in [0.1, 0.15) is 12.3 Å². The second-order valence-corrected chi connectivity index (χ2v) is 8.74. The van der Waals surface area contributed by atoms with Crippen LogP contribution in [-0.4, -0.2) is 34.2 Å². The Morgan fingerprint density at radius 1 is 1.18 bits per heavy atom. The molecule has 1 amide bonds. The molecule has 152 valence electrons. The molecule has 0 aliphatic heterocycles. The molecule has 0 fully saturated rings. The van der Waals surface area contributed by atoms with Crippen LogP contribution in [0.3, 0.4) is 0 Å². The summed E-state index contributed by atoms with van der Waals surface area (Å²) < 4.78 is 31.0. The van der Waals surface area contributed by atoms with E-state index in [2.05, 4.69) is 11.4 Å². The Morgan fingerprint density at radius 2 is 1.86 bits per heavy atom. The molecule has 0 aromatic heterocycles. The lowest BCUT2D eigenvalue weighted by atomic mass is 9.97. The Labute approximate surface area is 167 Å². The number of hydrogen-bond acceptors (Lipinski definition) is 4. The quantitative estimate of drug-likeness (QED) is 0.732. The molecule has 0 aliphatic rings. The summed E-state index contributed by atoms with van der Waals surface area (Å²) in [5.41, 5.74) is 3.62. The van der Waals surface area contributed by atoms with E-state index >= 15 is 0 Å². The molecule has 28 heavy (non-hydrogen) atoms. The highest BCUT2D eigenvalue weighted by molar-refractivity contribution is 7.92. The normalized spacial score (nSPS) is 12.3. The molecule has 0 aliphatic carbocycles. The molecule has 0 spiro atoms. The van der Waals surface area contributed by atoms with E-state index in [9.17, 15) is 13.2 Å². The fourth-order valence-electron chi connectivity index (χ4n) is 3.20. The molecule has 2 rings (SSSR count). The van der Waals surface area contributed by atoms with Crippen LogP contribution in [0.5, 0.6) is 5.75 Å². The van der Waals surface area contributed by atoms with Gasteiger partial charge < -0.3 is 10.1 Å². The second-order valence-electron chi connectivity index (χ2n) is 6.83. The number of rotatable bonds is 8. The van der Waals surface area contributed by atoms with Gasteiger partial charge in [-0.2, -0.15) is 0 Å². The van der Waals surface area contributed by atoms with Crippen LogP contribution in [0.25, 0.3) is 0 Å². The molecule has 1 N–H and O–H groups in total. The average Bonchev–Trinajstić information content (AvgIpc) is 2.63. The van der Waals surface area contributed by atoms with Crippen LogP contribution in [-0.2, 0) is 14.8 Å². The highest BCUT2D eigenvalue weighted by Crippen LogP contribution is 2.29. The number of para-hydroxylation sites is 2. The van der Waals surface area contributed by atoms with Gasteiger partial charge in [0.05, 0.1) is 25.1 Å². The zero-order valence-corrected chi connectivity index (χ0v) is 17.8. The number of nitrogens with zero attached hydrogens (tertiary/aromatic N) is 1. The Morgan fingerprint density at radius 3 is 2.43 bits per heavy atom. The van der Waals surface area contributed by atoms with E-state index in [1.165, 1.54) is 7.11 Å². The van der Waals surface area contributed by atoms with E-state index in [1.54, 1.807) is 24.3 Å². The first-order valence-corrected chi connectivity index (χ1v) is 11.0. The summed E-state index contributed by atoms with van der Waals surface area (Å²) in [6.45, 7) is 5.70. The number of nitrogens with one attached hydrogen (secondary N) is 1. The van der Waals surface area contributed by atoms with Crippen LogP contribution in [0.2, 0.25) is 0 Å². The average molecular weight is 405 g/mol. The number of amides is 1. The van der Waals surface area contributed by atoms with Gasteiger partial charge in [-0.15, -0.1) is 0 Å². The first-order chi connectivity index (χ1) is 13.2. The summed E-state index contributed by atoms with van der Waals surface area (Å²) in [5, 5.41) is 2.97. The molecule has 7 heteroatoms. The van der Waals surface area contributed by atoms with Crippen molar-refractivity contribution in [3.05, 3.63) is 59.2 Å². The maximum absolute atomic E-state index is 12.7. The molecule has 0 bridgehead atoms. The molecule has 2 aromatic carbocycles. The largest absolute Gasteiger partial charge is 0.495 e. The standard InChI is InChI=1S/C21H28N2O4S/c1-6-18(17-12-11-15(2)13-16(17)3)22-21(24)14-23(28(5,25)26)19-9-7-8-10-20(19)27-4/h7-13,18H,6,14H2,1-5H3,(H,22,24)/t18-/m0/s1. The van der Waals surface area contributed by atoms with Crippen molar-refractivity contribution < 1.29 is 17.9 Å². The number of benzene rings is 2. The number of aryl methyl sites for hydroxylation is 2. The Bertz CT molecular complexity index is 941. The lowest BCUT2D eigenvalue weighted by Gasteiger charge is -2.26. The van der Waals surface area contributed by atoms with Crippen LogP contribution >= 0.6 is 0 Å². The zero-order valence-electron chi connectivity index (χ0n) is 17.0. The van der Waals surface area contributed by atoms with E-state index in [-0.39, 0.29) is 18.5 Å². The topological polar surface area (TPSA) is 75.7 Å². The van der Waals surface area contributed by atoms with Crippen LogP contribution in [0, 0.1) is 13.8 Å². The van der Waals surface area contributed by atoms with Crippen LogP contribution in [0.15, 0.2) is 42.5 Å². The van der Waals surface area contributed by atoms with Gasteiger partial charge in [-0.1, -0.05) is 42.8 Å². The Balaban J connectivity index is 2.26. The number of sulfonamides is 1. The SMILES string of the molecule is CC[C@H](NC(=O)CN(c1ccccc1OC)S(C)(=O)=O)c1ccc(C)cc1C. The molecule has 2 aromatic rings. The molecule has 0 heterocycles. The molecular weight excluding hydrogens is 376 g/mol. The van der Waals surface area contributed by atoms with E-state index < -0.39 is 10.0 Å². The number of methoxy groups -OCH3 is 1. The van der Waals surface area contributed by atoms with Crippen LogP contribution in [0.1, 0.15) is 36.1 Å². The highest BCUT2D eigenvalue weighted by Gasteiger charge is 2.25. The minimum Gasteiger partial charge on any atom is -0.495 e. The first-order valence-electron chi connectivity index (χ1n) is 9.14.